The highest BCUT2D eigenvalue weighted by Crippen LogP contribution is 2.11. The van der Waals surface area contributed by atoms with Gasteiger partial charge in [-0.3, -0.25) is 14.3 Å². The van der Waals surface area contributed by atoms with Gasteiger partial charge in [-0.1, -0.05) is 42.5 Å². The molecular weight excluding hydrogens is 350 g/mol. The fourth-order valence-corrected chi connectivity index (χ4v) is 3.28. The molecule has 0 saturated carbocycles. The van der Waals surface area contributed by atoms with Crippen molar-refractivity contribution in [2.24, 2.45) is 0 Å². The molecule has 0 aliphatic carbocycles. The van der Waals surface area contributed by atoms with Crippen LogP contribution in [0.2, 0.25) is 0 Å². The number of benzene rings is 1. The highest BCUT2D eigenvalue weighted by Gasteiger charge is 2.21. The highest BCUT2D eigenvalue weighted by atomic mass is 16.2. The van der Waals surface area contributed by atoms with Crippen molar-refractivity contribution in [2.75, 3.05) is 32.7 Å². The first-order chi connectivity index (χ1) is 13.8. The average Bonchev–Trinajstić information content (AvgIpc) is 3.30. The minimum atomic E-state index is 0.0455. The Morgan fingerprint density at radius 2 is 1.86 bits per heavy atom. The van der Waals surface area contributed by atoms with Crippen LogP contribution in [0.5, 0.6) is 0 Å². The van der Waals surface area contributed by atoms with Crippen molar-refractivity contribution in [3.63, 3.8) is 0 Å². The summed E-state index contributed by atoms with van der Waals surface area (Å²) in [6.07, 6.45) is 11.2. The van der Waals surface area contributed by atoms with Gasteiger partial charge in [0.2, 0.25) is 0 Å². The molecule has 0 N–H and O–H groups in total. The summed E-state index contributed by atoms with van der Waals surface area (Å²) in [5, 5.41) is 0. The molecule has 3 heterocycles. The van der Waals surface area contributed by atoms with Gasteiger partial charge in [-0.25, -0.2) is 9.97 Å². The van der Waals surface area contributed by atoms with E-state index in [2.05, 4.69) is 39.2 Å². The van der Waals surface area contributed by atoms with Gasteiger partial charge >= 0.3 is 0 Å². The summed E-state index contributed by atoms with van der Waals surface area (Å²) in [5.74, 6) is 0.799. The largest absolute Gasteiger partial charge is 0.336 e. The summed E-state index contributed by atoms with van der Waals surface area (Å²) in [5.41, 5.74) is 1.84. The highest BCUT2D eigenvalue weighted by molar-refractivity contribution is 5.94. The SMILES string of the molecule is O=C(c1ccc(-n2ccnc2)nc1)N1CCN(CC=Cc2ccccc2)CC1. The van der Waals surface area contributed by atoms with E-state index in [4.69, 9.17) is 0 Å². The van der Waals surface area contributed by atoms with E-state index in [1.807, 2.05) is 46.0 Å². The van der Waals surface area contributed by atoms with Crippen LogP contribution in [0.25, 0.3) is 11.9 Å². The van der Waals surface area contributed by atoms with Crippen molar-refractivity contribution in [3.8, 4) is 5.82 Å². The maximum absolute atomic E-state index is 12.7. The molecule has 28 heavy (non-hydrogen) atoms. The molecule has 1 aliphatic rings. The number of carbonyl (C=O) groups is 1. The molecule has 0 spiro atoms. The summed E-state index contributed by atoms with van der Waals surface area (Å²) >= 11 is 0. The molecule has 4 rings (SSSR count). The van der Waals surface area contributed by atoms with Crippen LogP contribution < -0.4 is 0 Å². The third kappa shape index (κ3) is 4.35. The average molecular weight is 373 g/mol. The van der Waals surface area contributed by atoms with Crippen molar-refractivity contribution in [1.29, 1.82) is 0 Å². The van der Waals surface area contributed by atoms with E-state index in [0.29, 0.717) is 5.56 Å². The normalized spacial score (nSPS) is 15.2. The molecule has 0 radical (unpaired) electrons. The van der Waals surface area contributed by atoms with Gasteiger partial charge in [0.05, 0.1) is 5.56 Å². The van der Waals surface area contributed by atoms with Gasteiger partial charge in [-0.2, -0.15) is 0 Å². The van der Waals surface area contributed by atoms with E-state index in [1.165, 1.54) is 5.56 Å². The lowest BCUT2D eigenvalue weighted by Crippen LogP contribution is -2.48. The Morgan fingerprint density at radius 1 is 1.04 bits per heavy atom. The van der Waals surface area contributed by atoms with Crippen molar-refractivity contribution >= 4 is 12.0 Å². The summed E-state index contributed by atoms with van der Waals surface area (Å²) < 4.78 is 1.82. The third-order valence-corrected chi connectivity index (χ3v) is 4.90. The molecule has 1 aromatic carbocycles. The van der Waals surface area contributed by atoms with Crippen LogP contribution in [0.4, 0.5) is 0 Å². The van der Waals surface area contributed by atoms with Gasteiger partial charge in [0.15, 0.2) is 0 Å². The number of imidazole rings is 1. The fraction of sp³-hybridized carbons (Fsp3) is 0.227. The Morgan fingerprint density at radius 3 is 2.54 bits per heavy atom. The maximum Gasteiger partial charge on any atom is 0.255 e. The lowest BCUT2D eigenvalue weighted by molar-refractivity contribution is 0.0650. The van der Waals surface area contributed by atoms with Crippen LogP contribution in [0.3, 0.4) is 0 Å². The van der Waals surface area contributed by atoms with Gasteiger partial charge in [0.25, 0.3) is 5.91 Å². The summed E-state index contributed by atoms with van der Waals surface area (Å²) in [6, 6.07) is 14.0. The monoisotopic (exact) mass is 373 g/mol. The molecule has 1 fully saturated rings. The number of rotatable bonds is 5. The second kappa shape index (κ2) is 8.63. The lowest BCUT2D eigenvalue weighted by atomic mass is 10.2. The topological polar surface area (TPSA) is 54.3 Å². The maximum atomic E-state index is 12.7. The second-order valence-corrected chi connectivity index (χ2v) is 6.78. The molecular formula is C22H23N5O. The quantitative estimate of drug-likeness (QED) is 0.690. The van der Waals surface area contributed by atoms with Crippen molar-refractivity contribution < 1.29 is 4.79 Å². The third-order valence-electron chi connectivity index (χ3n) is 4.90. The van der Waals surface area contributed by atoms with Crippen molar-refractivity contribution in [3.05, 3.63) is 84.6 Å². The summed E-state index contributed by atoms with van der Waals surface area (Å²) in [7, 11) is 0. The number of hydrogen-bond acceptors (Lipinski definition) is 4. The zero-order valence-electron chi connectivity index (χ0n) is 15.7. The van der Waals surface area contributed by atoms with Crippen LogP contribution >= 0.6 is 0 Å². The number of hydrogen-bond donors (Lipinski definition) is 0. The molecule has 1 aliphatic heterocycles. The fourth-order valence-electron chi connectivity index (χ4n) is 3.28. The van der Waals surface area contributed by atoms with E-state index in [0.717, 1.165) is 38.5 Å². The minimum Gasteiger partial charge on any atom is -0.336 e. The van der Waals surface area contributed by atoms with Gasteiger partial charge in [0.1, 0.15) is 12.1 Å². The van der Waals surface area contributed by atoms with Crippen LogP contribution in [-0.4, -0.2) is 63.0 Å². The van der Waals surface area contributed by atoms with Crippen LogP contribution in [-0.2, 0) is 0 Å². The molecule has 0 atom stereocenters. The van der Waals surface area contributed by atoms with Crippen molar-refractivity contribution in [2.45, 2.75) is 0 Å². The Hall–Kier alpha value is -3.25. The summed E-state index contributed by atoms with van der Waals surface area (Å²) in [6.45, 7) is 4.14. The first kappa shape index (κ1) is 18.1. The van der Waals surface area contributed by atoms with E-state index in [-0.39, 0.29) is 5.91 Å². The zero-order chi connectivity index (χ0) is 19.2. The number of aromatic nitrogens is 3. The predicted molar refractivity (Wildman–Crippen MR) is 109 cm³/mol. The van der Waals surface area contributed by atoms with E-state index in [1.54, 1.807) is 18.7 Å². The molecule has 1 saturated heterocycles. The van der Waals surface area contributed by atoms with Gasteiger partial charge < -0.3 is 4.90 Å². The van der Waals surface area contributed by atoms with E-state index < -0.39 is 0 Å². The van der Waals surface area contributed by atoms with Gasteiger partial charge in [-0.05, 0) is 17.7 Å². The summed E-state index contributed by atoms with van der Waals surface area (Å²) in [4.78, 5) is 25.4. The molecule has 0 bridgehead atoms. The number of carbonyl (C=O) groups excluding carboxylic acids is 1. The van der Waals surface area contributed by atoms with Crippen LogP contribution in [0.15, 0.2) is 73.5 Å². The Labute approximate surface area is 164 Å². The van der Waals surface area contributed by atoms with Gasteiger partial charge in [-0.15, -0.1) is 0 Å². The molecule has 0 unspecified atom stereocenters. The Bertz CT molecular complexity index is 911. The van der Waals surface area contributed by atoms with E-state index >= 15 is 0 Å². The molecule has 2 aromatic heterocycles. The zero-order valence-corrected chi connectivity index (χ0v) is 15.7. The molecule has 6 nitrogen and oxygen atoms in total. The molecule has 6 heteroatoms. The van der Waals surface area contributed by atoms with Crippen LogP contribution in [0, 0.1) is 0 Å². The molecule has 142 valence electrons. The smallest absolute Gasteiger partial charge is 0.255 e. The first-order valence-corrected chi connectivity index (χ1v) is 9.47. The number of piperazine rings is 1. The van der Waals surface area contributed by atoms with Crippen molar-refractivity contribution in [1.82, 2.24) is 24.3 Å². The van der Waals surface area contributed by atoms with Gasteiger partial charge in [0, 0.05) is 51.3 Å². The number of nitrogens with zero attached hydrogens (tertiary/aromatic N) is 5. The van der Waals surface area contributed by atoms with Crippen LogP contribution in [0.1, 0.15) is 15.9 Å². The number of amides is 1. The standard InChI is InChI=1S/C22H23N5O/c28-22(20-8-9-21(24-17-20)27-12-10-23-18-27)26-15-13-25(14-16-26)11-4-7-19-5-2-1-3-6-19/h1-10,12,17-18H,11,13-16H2. The Balaban J connectivity index is 1.28. The lowest BCUT2D eigenvalue weighted by Gasteiger charge is -2.34. The second-order valence-electron chi connectivity index (χ2n) is 6.78. The molecule has 3 aromatic rings. The predicted octanol–water partition coefficient (Wildman–Crippen LogP) is 2.74. The molecule has 1 amide bonds. The Kier molecular flexibility index (Phi) is 5.58. The number of pyridine rings is 1. The first-order valence-electron chi connectivity index (χ1n) is 9.47. The minimum absolute atomic E-state index is 0.0455. The van der Waals surface area contributed by atoms with E-state index in [9.17, 15) is 4.79 Å².